The van der Waals surface area contributed by atoms with Gasteiger partial charge in [0.1, 0.15) is 0 Å². The molecule has 7 nitrogen and oxygen atoms in total. The van der Waals surface area contributed by atoms with Crippen LogP contribution in [0.1, 0.15) is 23.2 Å². The van der Waals surface area contributed by atoms with Gasteiger partial charge in [0.15, 0.2) is 5.72 Å². The van der Waals surface area contributed by atoms with Crippen molar-refractivity contribution in [1.82, 2.24) is 14.7 Å². The minimum atomic E-state index is -0.563. The number of rotatable bonds is 2. The molecule has 0 radical (unpaired) electrons. The average Bonchev–Trinajstić information content (AvgIpc) is 3.33. The Labute approximate surface area is 159 Å². The molecule has 0 bridgehead atoms. The molecule has 0 aromatic heterocycles. The van der Waals surface area contributed by atoms with Gasteiger partial charge in [0.05, 0.1) is 19.1 Å². The fourth-order valence-corrected chi connectivity index (χ4v) is 5.08. The van der Waals surface area contributed by atoms with Gasteiger partial charge in [-0.25, -0.2) is 0 Å². The lowest BCUT2D eigenvalue weighted by atomic mass is 10.1. The highest BCUT2D eigenvalue weighted by Crippen LogP contribution is 2.45. The fourth-order valence-electron chi connectivity index (χ4n) is 5.08. The molecule has 1 spiro atoms. The molecule has 0 aliphatic carbocycles. The van der Waals surface area contributed by atoms with Crippen LogP contribution in [-0.4, -0.2) is 91.2 Å². The van der Waals surface area contributed by atoms with E-state index >= 15 is 0 Å². The van der Waals surface area contributed by atoms with E-state index in [2.05, 4.69) is 16.8 Å². The van der Waals surface area contributed by atoms with Crippen molar-refractivity contribution in [3.8, 4) is 0 Å². The number of anilines is 1. The van der Waals surface area contributed by atoms with Crippen LogP contribution in [-0.2, 0) is 9.53 Å². The number of likely N-dealkylation sites (tertiary alicyclic amines) is 1. The van der Waals surface area contributed by atoms with Gasteiger partial charge < -0.3 is 24.3 Å². The first kappa shape index (κ1) is 17.0. The van der Waals surface area contributed by atoms with Crippen molar-refractivity contribution >= 4 is 17.5 Å². The largest absolute Gasteiger partial charge is 0.369 e. The number of hydrogen-bond acceptors (Lipinski definition) is 5. The highest BCUT2D eigenvalue weighted by molar-refractivity contribution is 5.96. The summed E-state index contributed by atoms with van der Waals surface area (Å²) < 4.78 is 5.98. The van der Waals surface area contributed by atoms with Crippen LogP contribution >= 0.6 is 0 Å². The number of benzene rings is 1. The van der Waals surface area contributed by atoms with Crippen LogP contribution in [0.3, 0.4) is 0 Å². The van der Waals surface area contributed by atoms with Gasteiger partial charge in [-0.1, -0.05) is 0 Å². The molecule has 1 aromatic rings. The summed E-state index contributed by atoms with van der Waals surface area (Å²) in [7, 11) is 2.14. The third-order valence-electron chi connectivity index (χ3n) is 6.64. The minimum absolute atomic E-state index is 0.00644. The number of carbonyl (C=O) groups is 2. The highest BCUT2D eigenvalue weighted by atomic mass is 16.5. The lowest BCUT2D eigenvalue weighted by Gasteiger charge is -2.34. The number of amides is 2. The standard InChI is InChI=1S/C20H26N4O3/c1-21-8-10-22(11-9-21)16-4-2-15(3-5-16)19(26)23-7-6-20-17(23)14-18(25)24(20)12-13-27-20/h2-5,17H,6-14H2,1H3/t17-,20+/m1/s1. The summed E-state index contributed by atoms with van der Waals surface area (Å²) in [6.07, 6.45) is 1.10. The second kappa shape index (κ2) is 6.21. The zero-order valence-electron chi connectivity index (χ0n) is 15.8. The van der Waals surface area contributed by atoms with Crippen LogP contribution in [0, 0.1) is 0 Å². The Bertz CT molecular complexity index is 759. The van der Waals surface area contributed by atoms with Gasteiger partial charge in [0.2, 0.25) is 5.91 Å². The summed E-state index contributed by atoms with van der Waals surface area (Å²) in [5.74, 6) is 0.118. The van der Waals surface area contributed by atoms with Crippen LogP contribution < -0.4 is 4.90 Å². The number of piperazine rings is 1. The summed E-state index contributed by atoms with van der Waals surface area (Å²) in [5, 5.41) is 0. The molecular weight excluding hydrogens is 344 g/mol. The second-order valence-corrected chi connectivity index (χ2v) is 8.04. The Balaban J connectivity index is 1.32. The van der Waals surface area contributed by atoms with E-state index in [9.17, 15) is 9.59 Å². The molecule has 4 aliphatic heterocycles. The zero-order valence-corrected chi connectivity index (χ0v) is 15.8. The normalized spacial score (nSPS) is 30.8. The zero-order chi connectivity index (χ0) is 18.6. The van der Waals surface area contributed by atoms with Crippen molar-refractivity contribution in [2.24, 2.45) is 0 Å². The van der Waals surface area contributed by atoms with Gasteiger partial charge in [0.25, 0.3) is 5.91 Å². The van der Waals surface area contributed by atoms with Crippen molar-refractivity contribution < 1.29 is 14.3 Å². The molecular formula is C20H26N4O3. The molecule has 1 aromatic carbocycles. The van der Waals surface area contributed by atoms with E-state index in [4.69, 9.17) is 4.74 Å². The van der Waals surface area contributed by atoms with Crippen molar-refractivity contribution in [1.29, 1.82) is 0 Å². The molecule has 4 aliphatic rings. The third kappa shape index (κ3) is 2.56. The molecule has 0 unspecified atom stereocenters. The predicted molar refractivity (Wildman–Crippen MR) is 101 cm³/mol. The number of hydrogen-bond donors (Lipinski definition) is 0. The molecule has 7 heteroatoms. The molecule has 4 saturated heterocycles. The third-order valence-corrected chi connectivity index (χ3v) is 6.64. The monoisotopic (exact) mass is 370 g/mol. The molecule has 0 saturated carbocycles. The van der Waals surface area contributed by atoms with E-state index in [0.29, 0.717) is 38.1 Å². The smallest absolute Gasteiger partial charge is 0.254 e. The number of ether oxygens (including phenoxy) is 1. The lowest BCUT2D eigenvalue weighted by Crippen LogP contribution is -2.48. The number of likely N-dealkylation sites (N-methyl/N-ethyl adjacent to an activating group) is 1. The maximum absolute atomic E-state index is 13.1. The first-order valence-corrected chi connectivity index (χ1v) is 9.87. The Morgan fingerprint density at radius 3 is 2.56 bits per heavy atom. The summed E-state index contributed by atoms with van der Waals surface area (Å²) in [6, 6.07) is 7.78. The van der Waals surface area contributed by atoms with Gasteiger partial charge in [-0.15, -0.1) is 0 Å². The Morgan fingerprint density at radius 2 is 1.81 bits per heavy atom. The van der Waals surface area contributed by atoms with Gasteiger partial charge in [0, 0.05) is 56.9 Å². The first-order chi connectivity index (χ1) is 13.1. The number of carbonyl (C=O) groups excluding carboxylic acids is 2. The summed E-state index contributed by atoms with van der Waals surface area (Å²) in [4.78, 5) is 33.8. The molecule has 144 valence electrons. The van der Waals surface area contributed by atoms with Crippen LogP contribution in [0.2, 0.25) is 0 Å². The highest BCUT2D eigenvalue weighted by Gasteiger charge is 2.62. The van der Waals surface area contributed by atoms with E-state index in [1.807, 2.05) is 34.1 Å². The second-order valence-electron chi connectivity index (χ2n) is 8.04. The summed E-state index contributed by atoms with van der Waals surface area (Å²) in [5.41, 5.74) is 1.29. The van der Waals surface area contributed by atoms with Crippen LogP contribution in [0.25, 0.3) is 0 Å². The molecule has 27 heavy (non-hydrogen) atoms. The molecule has 4 heterocycles. The average molecular weight is 370 g/mol. The molecule has 5 rings (SSSR count). The van der Waals surface area contributed by atoms with E-state index in [-0.39, 0.29) is 17.9 Å². The Kier molecular flexibility index (Phi) is 3.91. The Hall–Kier alpha value is -2.12. The predicted octanol–water partition coefficient (Wildman–Crippen LogP) is 0.612. The SMILES string of the molecule is CN1CCN(c2ccc(C(=O)N3CC[C@@]45OCCN4C(=O)C[C@@H]35)cc2)CC1. The van der Waals surface area contributed by atoms with Crippen LogP contribution in [0.15, 0.2) is 24.3 Å². The number of nitrogens with zero attached hydrogens (tertiary/aromatic N) is 4. The quantitative estimate of drug-likeness (QED) is 0.764. The minimum Gasteiger partial charge on any atom is -0.369 e. The van der Waals surface area contributed by atoms with Gasteiger partial charge in [-0.3, -0.25) is 9.59 Å². The first-order valence-electron chi connectivity index (χ1n) is 9.87. The van der Waals surface area contributed by atoms with Crippen LogP contribution in [0.5, 0.6) is 0 Å². The molecule has 2 atom stereocenters. The van der Waals surface area contributed by atoms with E-state index in [1.54, 1.807) is 0 Å². The molecule has 2 amide bonds. The van der Waals surface area contributed by atoms with Crippen molar-refractivity contribution in [2.45, 2.75) is 24.6 Å². The maximum Gasteiger partial charge on any atom is 0.254 e. The summed E-state index contributed by atoms with van der Waals surface area (Å²) in [6.45, 7) is 6.01. The van der Waals surface area contributed by atoms with Crippen molar-refractivity contribution in [2.75, 3.05) is 57.8 Å². The van der Waals surface area contributed by atoms with Gasteiger partial charge in [-0.2, -0.15) is 0 Å². The molecule has 4 fully saturated rings. The van der Waals surface area contributed by atoms with E-state index in [0.717, 1.165) is 26.2 Å². The van der Waals surface area contributed by atoms with Crippen molar-refractivity contribution in [3.63, 3.8) is 0 Å². The summed E-state index contributed by atoms with van der Waals surface area (Å²) >= 11 is 0. The Morgan fingerprint density at radius 1 is 1.07 bits per heavy atom. The van der Waals surface area contributed by atoms with Gasteiger partial charge in [-0.05, 0) is 31.3 Å². The fraction of sp³-hybridized carbons (Fsp3) is 0.600. The van der Waals surface area contributed by atoms with Gasteiger partial charge >= 0.3 is 0 Å². The molecule has 0 N–H and O–H groups in total. The topological polar surface area (TPSA) is 56.3 Å². The van der Waals surface area contributed by atoms with Crippen LogP contribution in [0.4, 0.5) is 5.69 Å². The lowest BCUT2D eigenvalue weighted by molar-refractivity contribution is -0.136. The van der Waals surface area contributed by atoms with Crippen molar-refractivity contribution in [3.05, 3.63) is 29.8 Å². The van der Waals surface area contributed by atoms with E-state index < -0.39 is 5.72 Å². The maximum atomic E-state index is 13.1. The van der Waals surface area contributed by atoms with E-state index in [1.165, 1.54) is 5.69 Å².